The molecule has 3 rings (SSSR count). The molecule has 0 unspecified atom stereocenters. The lowest BCUT2D eigenvalue weighted by atomic mass is 9.82. The van der Waals surface area contributed by atoms with Crippen LogP contribution in [0.15, 0.2) is 6.07 Å². The molecule has 1 aromatic rings. The zero-order valence-electron chi connectivity index (χ0n) is 10.8. The van der Waals surface area contributed by atoms with E-state index in [1.165, 1.54) is 0 Å². The smallest absolute Gasteiger partial charge is 0.195 e. The molecule has 19 heavy (non-hydrogen) atoms. The molecule has 104 valence electrons. The van der Waals surface area contributed by atoms with Crippen LogP contribution in [0.5, 0.6) is 0 Å². The standard InChI is InChI=1S/C14H17ClO4/c1-8-10(13(16)17)7-11(15)9-3-2-4-14(12(8)9)18-5-6-19-14/h7,13,16-17H,2-6H2,1H3. The molecule has 1 aliphatic heterocycles. The van der Waals surface area contributed by atoms with Crippen molar-refractivity contribution in [2.75, 3.05) is 13.2 Å². The Morgan fingerprint density at radius 3 is 2.63 bits per heavy atom. The van der Waals surface area contributed by atoms with Crippen molar-refractivity contribution in [2.45, 2.75) is 38.3 Å². The second kappa shape index (κ2) is 4.72. The average molecular weight is 285 g/mol. The summed E-state index contributed by atoms with van der Waals surface area (Å²) in [5.41, 5.74) is 3.13. The van der Waals surface area contributed by atoms with Crippen molar-refractivity contribution in [3.63, 3.8) is 0 Å². The van der Waals surface area contributed by atoms with Gasteiger partial charge in [0.05, 0.1) is 13.2 Å². The van der Waals surface area contributed by atoms with Gasteiger partial charge in [0, 0.05) is 22.6 Å². The van der Waals surface area contributed by atoms with Gasteiger partial charge in [-0.25, -0.2) is 0 Å². The van der Waals surface area contributed by atoms with E-state index in [1.54, 1.807) is 6.07 Å². The monoisotopic (exact) mass is 284 g/mol. The van der Waals surface area contributed by atoms with Gasteiger partial charge >= 0.3 is 0 Å². The van der Waals surface area contributed by atoms with Crippen molar-refractivity contribution in [1.82, 2.24) is 0 Å². The quantitative estimate of drug-likeness (QED) is 0.776. The summed E-state index contributed by atoms with van der Waals surface area (Å²) in [4.78, 5) is 0. The SMILES string of the molecule is Cc1c(C(O)O)cc(Cl)c2c1C1(CCC2)OCCO1. The number of hydrogen-bond acceptors (Lipinski definition) is 4. The minimum absolute atomic E-state index is 0.420. The molecule has 1 fully saturated rings. The molecule has 0 radical (unpaired) electrons. The van der Waals surface area contributed by atoms with Crippen molar-refractivity contribution < 1.29 is 19.7 Å². The van der Waals surface area contributed by atoms with E-state index in [0.717, 1.165) is 36.0 Å². The summed E-state index contributed by atoms with van der Waals surface area (Å²) in [5.74, 6) is -0.744. The maximum Gasteiger partial charge on any atom is 0.195 e. The zero-order valence-corrected chi connectivity index (χ0v) is 11.5. The normalized spacial score (nSPS) is 21.1. The van der Waals surface area contributed by atoms with Gasteiger partial charge in [-0.05, 0) is 37.0 Å². The van der Waals surface area contributed by atoms with E-state index in [2.05, 4.69) is 0 Å². The summed E-state index contributed by atoms with van der Waals surface area (Å²) < 4.78 is 11.7. The molecule has 0 saturated carbocycles. The third kappa shape index (κ3) is 1.99. The molecule has 4 nitrogen and oxygen atoms in total. The molecule has 1 aromatic carbocycles. The molecule has 2 aliphatic rings. The van der Waals surface area contributed by atoms with E-state index < -0.39 is 12.1 Å². The Morgan fingerprint density at radius 1 is 1.32 bits per heavy atom. The molecular formula is C14H17ClO4. The van der Waals surface area contributed by atoms with E-state index in [1.807, 2.05) is 6.92 Å². The third-order valence-electron chi connectivity index (χ3n) is 4.03. The summed E-state index contributed by atoms with van der Waals surface area (Å²) in [6.07, 6.45) is 1.06. The first-order valence-electron chi connectivity index (χ1n) is 6.51. The van der Waals surface area contributed by atoms with E-state index in [4.69, 9.17) is 21.1 Å². The number of halogens is 1. The summed E-state index contributed by atoms with van der Waals surface area (Å²) in [6.45, 7) is 2.98. The molecule has 2 N–H and O–H groups in total. The van der Waals surface area contributed by atoms with Crippen LogP contribution in [-0.2, 0) is 21.7 Å². The van der Waals surface area contributed by atoms with E-state index in [9.17, 15) is 10.2 Å². The molecule has 1 heterocycles. The van der Waals surface area contributed by atoms with Gasteiger partial charge < -0.3 is 19.7 Å². The lowest BCUT2D eigenvalue weighted by Gasteiger charge is -2.36. The van der Waals surface area contributed by atoms with Gasteiger partial charge in [0.2, 0.25) is 0 Å². The minimum atomic E-state index is -1.54. The van der Waals surface area contributed by atoms with Crippen LogP contribution in [0.3, 0.4) is 0 Å². The Kier molecular flexibility index (Phi) is 3.31. The highest BCUT2D eigenvalue weighted by Gasteiger charge is 2.44. The fourth-order valence-electron chi connectivity index (χ4n) is 3.22. The van der Waals surface area contributed by atoms with Gasteiger partial charge in [0.15, 0.2) is 12.1 Å². The molecule has 1 aliphatic carbocycles. The number of fused-ring (bicyclic) bond motifs is 2. The summed E-state index contributed by atoms with van der Waals surface area (Å²) in [5, 5.41) is 19.5. The zero-order chi connectivity index (χ0) is 13.6. The Hall–Kier alpha value is -0.650. The molecule has 0 aromatic heterocycles. The molecular weight excluding hydrogens is 268 g/mol. The first-order chi connectivity index (χ1) is 9.05. The van der Waals surface area contributed by atoms with Gasteiger partial charge in [-0.3, -0.25) is 0 Å². The van der Waals surface area contributed by atoms with Gasteiger partial charge in [0.1, 0.15) is 0 Å². The van der Waals surface area contributed by atoms with Crippen LogP contribution in [0.4, 0.5) is 0 Å². The highest BCUT2D eigenvalue weighted by Crippen LogP contribution is 2.47. The number of ether oxygens (including phenoxy) is 2. The Labute approximate surface area is 116 Å². The number of aliphatic hydroxyl groups is 2. The highest BCUT2D eigenvalue weighted by molar-refractivity contribution is 6.31. The molecule has 5 heteroatoms. The summed E-state index contributed by atoms with van der Waals surface area (Å²) in [6, 6.07) is 1.63. The number of benzene rings is 1. The Morgan fingerprint density at radius 2 is 2.00 bits per heavy atom. The van der Waals surface area contributed by atoms with Crippen molar-refractivity contribution in [2.24, 2.45) is 0 Å². The van der Waals surface area contributed by atoms with Crippen LogP contribution < -0.4 is 0 Å². The van der Waals surface area contributed by atoms with Crippen LogP contribution in [0, 0.1) is 6.92 Å². The van der Waals surface area contributed by atoms with Crippen LogP contribution >= 0.6 is 11.6 Å². The fraction of sp³-hybridized carbons (Fsp3) is 0.571. The predicted octanol–water partition coefficient (Wildman–Crippen LogP) is 2.17. The first kappa shape index (κ1) is 13.3. The van der Waals surface area contributed by atoms with Crippen LogP contribution in [0.1, 0.15) is 41.4 Å². The van der Waals surface area contributed by atoms with Crippen LogP contribution in [0.2, 0.25) is 5.02 Å². The molecule has 0 amide bonds. The Balaban J connectivity index is 2.24. The molecule has 1 spiro atoms. The van der Waals surface area contributed by atoms with Crippen molar-refractivity contribution >= 4 is 11.6 Å². The second-order valence-electron chi connectivity index (χ2n) is 5.10. The summed E-state index contributed by atoms with van der Waals surface area (Å²) >= 11 is 6.29. The van der Waals surface area contributed by atoms with E-state index >= 15 is 0 Å². The van der Waals surface area contributed by atoms with E-state index in [-0.39, 0.29) is 0 Å². The topological polar surface area (TPSA) is 58.9 Å². The van der Waals surface area contributed by atoms with Gasteiger partial charge in [-0.2, -0.15) is 0 Å². The third-order valence-corrected chi connectivity index (χ3v) is 4.36. The van der Waals surface area contributed by atoms with E-state index in [0.29, 0.717) is 23.8 Å². The fourth-order valence-corrected chi connectivity index (χ4v) is 3.52. The maximum atomic E-state index is 9.48. The van der Waals surface area contributed by atoms with Crippen LogP contribution in [0.25, 0.3) is 0 Å². The van der Waals surface area contributed by atoms with Crippen molar-refractivity contribution in [3.8, 4) is 0 Å². The highest BCUT2D eigenvalue weighted by atomic mass is 35.5. The largest absolute Gasteiger partial charge is 0.364 e. The Bertz CT molecular complexity index is 507. The maximum absolute atomic E-state index is 9.48. The average Bonchev–Trinajstić information content (AvgIpc) is 2.82. The molecule has 0 bridgehead atoms. The first-order valence-corrected chi connectivity index (χ1v) is 6.89. The number of aliphatic hydroxyl groups excluding tert-OH is 1. The van der Waals surface area contributed by atoms with Gasteiger partial charge in [-0.15, -0.1) is 0 Å². The van der Waals surface area contributed by atoms with Gasteiger partial charge in [0.25, 0.3) is 0 Å². The lowest BCUT2D eigenvalue weighted by molar-refractivity contribution is -0.176. The molecule has 0 atom stereocenters. The number of rotatable bonds is 1. The lowest BCUT2D eigenvalue weighted by Crippen LogP contribution is -2.33. The predicted molar refractivity (Wildman–Crippen MR) is 69.9 cm³/mol. The number of hydrogen-bond donors (Lipinski definition) is 2. The second-order valence-corrected chi connectivity index (χ2v) is 5.51. The molecule has 1 saturated heterocycles. The van der Waals surface area contributed by atoms with Crippen molar-refractivity contribution in [1.29, 1.82) is 0 Å². The van der Waals surface area contributed by atoms with Gasteiger partial charge in [-0.1, -0.05) is 11.6 Å². The van der Waals surface area contributed by atoms with Crippen molar-refractivity contribution in [3.05, 3.63) is 33.3 Å². The van der Waals surface area contributed by atoms with Crippen LogP contribution in [-0.4, -0.2) is 23.4 Å². The summed E-state index contributed by atoms with van der Waals surface area (Å²) in [7, 11) is 0. The minimum Gasteiger partial charge on any atom is -0.364 e.